The standard InChI is InChI=1S/C22H32N4O3/c1-14(2)8-9-22(21(29)23-12-16-10-19(27)25-13-24-16)11-17-6-7-18(22)26(17)20(28)15-4-3-5-15/h10,13-15,17-18H,3-9,11-12H2,1-2H3,(H,23,29)(H,24,25,27)/t17-,18+,22+/m1/s1. The molecule has 2 N–H and O–H groups in total. The average Bonchev–Trinajstić information content (AvgIpc) is 3.19. The Kier molecular flexibility index (Phi) is 5.49. The number of H-pyrrole nitrogens is 1. The first-order valence-corrected chi connectivity index (χ1v) is 11.0. The highest BCUT2D eigenvalue weighted by atomic mass is 16.2. The summed E-state index contributed by atoms with van der Waals surface area (Å²) in [5, 5.41) is 3.04. The van der Waals surface area contributed by atoms with E-state index < -0.39 is 5.41 Å². The van der Waals surface area contributed by atoms with Crippen LogP contribution in [0, 0.1) is 17.3 Å². The third-order valence-corrected chi connectivity index (χ3v) is 7.23. The van der Waals surface area contributed by atoms with Gasteiger partial charge in [-0.3, -0.25) is 14.4 Å². The number of nitrogens with one attached hydrogen (secondary N) is 2. The number of aromatic amines is 1. The number of rotatable bonds is 7. The van der Waals surface area contributed by atoms with Gasteiger partial charge in [0.25, 0.3) is 5.56 Å². The second kappa shape index (κ2) is 7.92. The van der Waals surface area contributed by atoms with Gasteiger partial charge >= 0.3 is 0 Å². The first-order chi connectivity index (χ1) is 13.9. The smallest absolute Gasteiger partial charge is 0.250 e. The Morgan fingerprint density at radius 3 is 2.76 bits per heavy atom. The SMILES string of the molecule is CC(C)CC[C@]1(C(=O)NCc2cc(=O)[nH]cn2)C[C@H]2CC[C@@H]1N2C(=O)C1CCC1. The van der Waals surface area contributed by atoms with Crippen LogP contribution in [0.1, 0.15) is 70.9 Å². The molecule has 0 spiro atoms. The highest BCUT2D eigenvalue weighted by molar-refractivity contribution is 5.88. The third-order valence-electron chi connectivity index (χ3n) is 7.23. The highest BCUT2D eigenvalue weighted by Gasteiger charge is 2.61. The van der Waals surface area contributed by atoms with Crippen LogP contribution in [0.3, 0.4) is 0 Å². The summed E-state index contributed by atoms with van der Waals surface area (Å²) in [4.78, 5) is 46.8. The van der Waals surface area contributed by atoms with Crippen molar-refractivity contribution in [2.75, 3.05) is 0 Å². The molecule has 4 rings (SSSR count). The van der Waals surface area contributed by atoms with E-state index in [1.165, 1.54) is 12.4 Å². The van der Waals surface area contributed by atoms with Crippen LogP contribution in [-0.4, -0.2) is 38.8 Å². The van der Waals surface area contributed by atoms with Crippen LogP contribution in [0.2, 0.25) is 0 Å². The molecule has 0 aromatic carbocycles. The number of amides is 2. The first kappa shape index (κ1) is 20.1. The summed E-state index contributed by atoms with van der Waals surface area (Å²) < 4.78 is 0. The van der Waals surface area contributed by atoms with Crippen molar-refractivity contribution in [1.82, 2.24) is 20.2 Å². The van der Waals surface area contributed by atoms with Crippen molar-refractivity contribution in [2.24, 2.45) is 17.3 Å². The van der Waals surface area contributed by atoms with Crippen molar-refractivity contribution in [3.63, 3.8) is 0 Å². The summed E-state index contributed by atoms with van der Waals surface area (Å²) in [5.41, 5.74) is -0.198. The Morgan fingerprint density at radius 1 is 1.31 bits per heavy atom. The molecule has 1 aromatic heterocycles. The molecule has 3 heterocycles. The largest absolute Gasteiger partial charge is 0.350 e. The summed E-state index contributed by atoms with van der Waals surface area (Å²) in [6.07, 6.45) is 8.93. The minimum absolute atomic E-state index is 0.00600. The maximum atomic E-state index is 13.5. The Balaban J connectivity index is 1.53. The van der Waals surface area contributed by atoms with Crippen molar-refractivity contribution in [3.05, 3.63) is 28.4 Å². The molecule has 0 radical (unpaired) electrons. The minimum Gasteiger partial charge on any atom is -0.350 e. The van der Waals surface area contributed by atoms with Gasteiger partial charge in [-0.1, -0.05) is 20.3 Å². The molecule has 29 heavy (non-hydrogen) atoms. The Morgan fingerprint density at radius 2 is 2.10 bits per heavy atom. The number of aromatic nitrogens is 2. The van der Waals surface area contributed by atoms with Crippen molar-refractivity contribution >= 4 is 11.8 Å². The molecule has 7 nitrogen and oxygen atoms in total. The molecule has 158 valence electrons. The van der Waals surface area contributed by atoms with E-state index in [9.17, 15) is 14.4 Å². The molecule has 3 atom stereocenters. The van der Waals surface area contributed by atoms with E-state index in [1.807, 2.05) is 0 Å². The number of nitrogens with zero attached hydrogens (tertiary/aromatic N) is 2. The van der Waals surface area contributed by atoms with Crippen LogP contribution >= 0.6 is 0 Å². The number of carbonyl (C=O) groups excluding carboxylic acids is 2. The van der Waals surface area contributed by atoms with E-state index in [2.05, 4.69) is 34.0 Å². The van der Waals surface area contributed by atoms with E-state index >= 15 is 0 Å². The fourth-order valence-electron chi connectivity index (χ4n) is 5.41. The molecule has 1 saturated carbocycles. The van der Waals surface area contributed by atoms with Crippen molar-refractivity contribution in [3.8, 4) is 0 Å². The lowest BCUT2D eigenvalue weighted by atomic mass is 9.69. The molecule has 2 aliphatic heterocycles. The molecule has 2 saturated heterocycles. The number of hydrogen-bond acceptors (Lipinski definition) is 4. The topological polar surface area (TPSA) is 95.2 Å². The van der Waals surface area contributed by atoms with Gasteiger partial charge in [-0.05, 0) is 50.9 Å². The predicted octanol–water partition coefficient (Wildman–Crippen LogP) is 2.37. The van der Waals surface area contributed by atoms with Crippen molar-refractivity contribution < 1.29 is 9.59 Å². The van der Waals surface area contributed by atoms with Crippen LogP contribution in [0.4, 0.5) is 0 Å². The maximum absolute atomic E-state index is 13.5. The fourth-order valence-corrected chi connectivity index (χ4v) is 5.41. The summed E-state index contributed by atoms with van der Waals surface area (Å²) in [6, 6.07) is 1.61. The van der Waals surface area contributed by atoms with Crippen LogP contribution in [-0.2, 0) is 16.1 Å². The summed E-state index contributed by atoms with van der Waals surface area (Å²) >= 11 is 0. The molecule has 2 bridgehead atoms. The highest BCUT2D eigenvalue weighted by Crippen LogP contribution is 2.54. The van der Waals surface area contributed by atoms with E-state index in [0.717, 1.165) is 51.4 Å². The lowest BCUT2D eigenvalue weighted by Crippen LogP contribution is -2.51. The Labute approximate surface area is 171 Å². The molecular formula is C22H32N4O3. The lowest BCUT2D eigenvalue weighted by molar-refractivity contribution is -0.142. The van der Waals surface area contributed by atoms with Crippen molar-refractivity contribution in [2.45, 2.75) is 83.8 Å². The second-order valence-corrected chi connectivity index (χ2v) is 9.50. The van der Waals surface area contributed by atoms with Crippen LogP contribution in [0.15, 0.2) is 17.2 Å². The molecule has 1 aliphatic carbocycles. The normalized spacial score (nSPS) is 28.6. The zero-order valence-electron chi connectivity index (χ0n) is 17.4. The van der Waals surface area contributed by atoms with Crippen LogP contribution < -0.4 is 10.9 Å². The van der Waals surface area contributed by atoms with E-state index in [-0.39, 0.29) is 41.9 Å². The van der Waals surface area contributed by atoms with E-state index in [0.29, 0.717) is 11.6 Å². The maximum Gasteiger partial charge on any atom is 0.250 e. The van der Waals surface area contributed by atoms with Gasteiger partial charge in [-0.2, -0.15) is 0 Å². The van der Waals surface area contributed by atoms with Gasteiger partial charge in [0.05, 0.1) is 24.0 Å². The second-order valence-electron chi connectivity index (χ2n) is 9.50. The third kappa shape index (κ3) is 3.71. The number of hydrogen-bond donors (Lipinski definition) is 2. The molecule has 0 unspecified atom stereocenters. The van der Waals surface area contributed by atoms with Gasteiger partial charge in [-0.25, -0.2) is 4.98 Å². The van der Waals surface area contributed by atoms with Crippen molar-refractivity contribution in [1.29, 1.82) is 0 Å². The monoisotopic (exact) mass is 400 g/mol. The van der Waals surface area contributed by atoms with Gasteiger partial charge in [0.2, 0.25) is 11.8 Å². The summed E-state index contributed by atoms with van der Waals surface area (Å²) in [7, 11) is 0. The average molecular weight is 401 g/mol. The van der Waals surface area contributed by atoms with Crippen LogP contribution in [0.5, 0.6) is 0 Å². The fraction of sp³-hybridized carbons (Fsp3) is 0.727. The summed E-state index contributed by atoms with van der Waals surface area (Å²) in [6.45, 7) is 4.59. The van der Waals surface area contributed by atoms with E-state index in [1.54, 1.807) is 0 Å². The van der Waals surface area contributed by atoms with Gasteiger partial charge in [-0.15, -0.1) is 0 Å². The molecule has 7 heteroatoms. The molecule has 1 aromatic rings. The van der Waals surface area contributed by atoms with Crippen LogP contribution in [0.25, 0.3) is 0 Å². The molecule has 3 fully saturated rings. The Bertz CT molecular complexity index is 831. The first-order valence-electron chi connectivity index (χ1n) is 11.0. The quantitative estimate of drug-likeness (QED) is 0.735. The van der Waals surface area contributed by atoms with E-state index in [4.69, 9.17) is 0 Å². The zero-order chi connectivity index (χ0) is 20.6. The van der Waals surface area contributed by atoms with Gasteiger partial charge in [0.1, 0.15) is 0 Å². The number of fused-ring (bicyclic) bond motifs is 2. The van der Waals surface area contributed by atoms with Gasteiger partial charge in [0, 0.05) is 24.1 Å². The predicted molar refractivity (Wildman–Crippen MR) is 109 cm³/mol. The lowest BCUT2D eigenvalue weighted by Gasteiger charge is -2.38. The van der Waals surface area contributed by atoms with Gasteiger partial charge < -0.3 is 15.2 Å². The summed E-state index contributed by atoms with van der Waals surface area (Å²) in [5.74, 6) is 0.962. The zero-order valence-corrected chi connectivity index (χ0v) is 17.4. The minimum atomic E-state index is -0.520. The number of carbonyl (C=O) groups is 2. The molecular weight excluding hydrogens is 368 g/mol. The Hall–Kier alpha value is -2.18. The molecule has 3 aliphatic rings. The molecule has 2 amide bonds. The van der Waals surface area contributed by atoms with Gasteiger partial charge in [0.15, 0.2) is 0 Å².